The number of carbonyl (C=O) groups excluding carboxylic acids is 1. The summed E-state index contributed by atoms with van der Waals surface area (Å²) in [7, 11) is 3.10. The van der Waals surface area contributed by atoms with E-state index in [4.69, 9.17) is 14.2 Å². The molecule has 198 valence electrons. The fourth-order valence-corrected chi connectivity index (χ4v) is 3.86. The second-order valence-electron chi connectivity index (χ2n) is 8.44. The summed E-state index contributed by atoms with van der Waals surface area (Å²) in [5.41, 5.74) is -1.78. The van der Waals surface area contributed by atoms with Crippen LogP contribution < -0.4 is 14.8 Å². The van der Waals surface area contributed by atoms with E-state index in [-0.39, 0.29) is 37.1 Å². The van der Waals surface area contributed by atoms with Crippen LogP contribution in [0, 0.1) is 18.6 Å². The Hall–Kier alpha value is -3.74. The Labute approximate surface area is 208 Å². The molecule has 1 fully saturated rings. The molecule has 0 spiro atoms. The Bertz CT molecular complexity index is 1330. The summed E-state index contributed by atoms with van der Waals surface area (Å²) in [6, 6.07) is 3.96. The highest BCUT2D eigenvalue weighted by molar-refractivity contribution is 5.91. The number of ether oxygens (including phenoxy) is 3. The largest absolute Gasteiger partial charge is 0.493 e. The predicted molar refractivity (Wildman–Crippen MR) is 122 cm³/mol. The minimum Gasteiger partial charge on any atom is -0.493 e. The summed E-state index contributed by atoms with van der Waals surface area (Å²) >= 11 is 0. The van der Waals surface area contributed by atoms with Crippen molar-refractivity contribution in [3.8, 4) is 11.5 Å². The van der Waals surface area contributed by atoms with Crippen molar-refractivity contribution in [1.29, 1.82) is 0 Å². The maximum absolute atomic E-state index is 14.5. The highest BCUT2D eigenvalue weighted by Crippen LogP contribution is 2.36. The molecule has 1 N–H and O–H groups in total. The van der Waals surface area contributed by atoms with Crippen molar-refractivity contribution in [2.24, 2.45) is 0 Å². The molecule has 1 aliphatic heterocycles. The predicted octanol–water partition coefficient (Wildman–Crippen LogP) is 4.09. The van der Waals surface area contributed by atoms with Gasteiger partial charge in [0.05, 0.1) is 18.2 Å². The lowest BCUT2D eigenvalue weighted by Crippen LogP contribution is -2.46. The highest BCUT2D eigenvalue weighted by Gasteiger charge is 2.35. The normalized spacial score (nSPS) is 16.3. The fraction of sp³-hybridized carbons (Fsp3) is 0.375. The first kappa shape index (κ1) is 26.3. The van der Waals surface area contributed by atoms with Crippen LogP contribution in [0.4, 0.5) is 27.8 Å². The van der Waals surface area contributed by atoms with Gasteiger partial charge in [-0.15, -0.1) is 0 Å². The summed E-state index contributed by atoms with van der Waals surface area (Å²) < 4.78 is 84.4. The smallest absolute Gasteiger partial charge is 0.419 e. The number of rotatable bonds is 7. The van der Waals surface area contributed by atoms with E-state index < -0.39 is 35.5 Å². The van der Waals surface area contributed by atoms with Gasteiger partial charge >= 0.3 is 6.18 Å². The van der Waals surface area contributed by atoms with Crippen LogP contribution >= 0.6 is 0 Å². The van der Waals surface area contributed by atoms with Crippen LogP contribution in [0.1, 0.15) is 17.0 Å². The van der Waals surface area contributed by atoms with Crippen molar-refractivity contribution in [3.05, 3.63) is 52.9 Å². The number of methoxy groups -OCH3 is 1. The maximum Gasteiger partial charge on any atom is 0.419 e. The van der Waals surface area contributed by atoms with E-state index in [0.29, 0.717) is 40.8 Å². The van der Waals surface area contributed by atoms with Crippen LogP contribution in [-0.2, 0) is 22.3 Å². The summed E-state index contributed by atoms with van der Waals surface area (Å²) in [6.45, 7) is 1.50. The van der Waals surface area contributed by atoms with E-state index in [9.17, 15) is 26.7 Å². The number of nitrogens with zero attached hydrogens (tertiary/aromatic N) is 3. The molecule has 0 saturated carbocycles. The number of hydrogen-bond acceptors (Lipinski definition) is 7. The second kappa shape index (κ2) is 10.3. The minimum absolute atomic E-state index is 0.0622. The van der Waals surface area contributed by atoms with Gasteiger partial charge in [-0.25, -0.2) is 18.7 Å². The Morgan fingerprint density at radius 2 is 1.92 bits per heavy atom. The van der Waals surface area contributed by atoms with Crippen LogP contribution in [0.5, 0.6) is 11.5 Å². The standard InChI is InChI=1S/C24H23F5N4O4/c1-12-31-18-7-19(35-3)20(37-10-15-9-33(2)21(34)11-36-15)6-16(18)23(32-12)30-8-13-4-14(25)5-17(22(13)26)24(27,28)29/h4-7,15H,8-11H2,1-3H3,(H,30,31,32). The first-order valence-electron chi connectivity index (χ1n) is 11.1. The zero-order chi connectivity index (χ0) is 26.9. The average Bonchev–Trinajstić information content (AvgIpc) is 2.83. The van der Waals surface area contributed by atoms with Gasteiger partial charge in [0.15, 0.2) is 11.5 Å². The van der Waals surface area contributed by atoms with E-state index in [2.05, 4.69) is 15.3 Å². The van der Waals surface area contributed by atoms with E-state index in [1.807, 2.05) is 0 Å². The number of carbonyl (C=O) groups is 1. The molecule has 13 heteroatoms. The molecule has 0 bridgehead atoms. The molecule has 1 aliphatic rings. The van der Waals surface area contributed by atoms with Gasteiger partial charge in [0.2, 0.25) is 5.91 Å². The molecule has 3 aromatic rings. The lowest BCUT2D eigenvalue weighted by Gasteiger charge is -2.29. The van der Waals surface area contributed by atoms with Crippen molar-refractivity contribution < 1.29 is 41.0 Å². The van der Waals surface area contributed by atoms with Gasteiger partial charge in [-0.3, -0.25) is 4.79 Å². The van der Waals surface area contributed by atoms with E-state index in [1.54, 1.807) is 26.1 Å². The SMILES string of the molecule is COc1cc2nc(C)nc(NCc3cc(F)cc(C(F)(F)F)c3F)c2cc1OCC1CN(C)C(=O)CO1. The van der Waals surface area contributed by atoms with Crippen LogP contribution in [0.15, 0.2) is 24.3 Å². The molecule has 0 radical (unpaired) electrons. The lowest BCUT2D eigenvalue weighted by atomic mass is 10.1. The van der Waals surface area contributed by atoms with Gasteiger partial charge in [0, 0.05) is 37.2 Å². The number of amides is 1. The third-order valence-corrected chi connectivity index (χ3v) is 5.73. The van der Waals surface area contributed by atoms with Gasteiger partial charge in [-0.05, 0) is 25.1 Å². The Kier molecular flexibility index (Phi) is 7.35. The molecule has 8 nitrogen and oxygen atoms in total. The van der Waals surface area contributed by atoms with Crippen molar-refractivity contribution in [2.45, 2.75) is 25.7 Å². The maximum atomic E-state index is 14.5. The molecule has 1 unspecified atom stereocenters. The number of aryl methyl sites for hydroxylation is 1. The number of likely N-dealkylation sites (N-methyl/N-ethyl adjacent to an activating group) is 1. The van der Waals surface area contributed by atoms with Crippen LogP contribution in [0.3, 0.4) is 0 Å². The summed E-state index contributed by atoms with van der Waals surface area (Å²) in [4.78, 5) is 21.8. The number of hydrogen-bond donors (Lipinski definition) is 1. The van der Waals surface area contributed by atoms with Crippen LogP contribution in [0.2, 0.25) is 0 Å². The molecular formula is C24H23F5N4O4. The summed E-state index contributed by atoms with van der Waals surface area (Å²) in [6.07, 6.45) is -5.43. The minimum atomic E-state index is -5.05. The van der Waals surface area contributed by atoms with Crippen LogP contribution in [-0.4, -0.2) is 60.8 Å². The van der Waals surface area contributed by atoms with Gasteiger partial charge in [-0.1, -0.05) is 0 Å². The Morgan fingerprint density at radius 1 is 1.16 bits per heavy atom. The van der Waals surface area contributed by atoms with E-state index >= 15 is 0 Å². The van der Waals surface area contributed by atoms with Gasteiger partial charge in [-0.2, -0.15) is 13.2 Å². The second-order valence-corrected chi connectivity index (χ2v) is 8.44. The molecule has 1 aromatic heterocycles. The highest BCUT2D eigenvalue weighted by atomic mass is 19.4. The molecule has 4 rings (SSSR count). The van der Waals surface area contributed by atoms with Gasteiger partial charge in [0.1, 0.15) is 42.6 Å². The molecule has 1 atom stereocenters. The number of aromatic nitrogens is 2. The van der Waals surface area contributed by atoms with Gasteiger partial charge < -0.3 is 24.4 Å². The van der Waals surface area contributed by atoms with Crippen molar-refractivity contribution in [1.82, 2.24) is 14.9 Å². The number of fused-ring (bicyclic) bond motifs is 1. The number of halogens is 5. The average molecular weight is 526 g/mol. The van der Waals surface area contributed by atoms with Crippen molar-refractivity contribution >= 4 is 22.6 Å². The van der Waals surface area contributed by atoms with E-state index in [0.717, 1.165) is 0 Å². The summed E-state index contributed by atoms with van der Waals surface area (Å²) in [5, 5.41) is 3.19. The number of morpholine rings is 1. The number of nitrogens with one attached hydrogen (secondary N) is 1. The number of alkyl halides is 3. The molecule has 1 saturated heterocycles. The third kappa shape index (κ3) is 5.82. The van der Waals surface area contributed by atoms with E-state index in [1.165, 1.54) is 12.0 Å². The molecule has 0 aliphatic carbocycles. The lowest BCUT2D eigenvalue weighted by molar-refractivity contribution is -0.148. The van der Waals surface area contributed by atoms with Crippen molar-refractivity contribution in [2.75, 3.05) is 39.2 Å². The molecular weight excluding hydrogens is 503 g/mol. The fourth-order valence-electron chi connectivity index (χ4n) is 3.86. The monoisotopic (exact) mass is 526 g/mol. The topological polar surface area (TPSA) is 85.8 Å². The zero-order valence-corrected chi connectivity index (χ0v) is 20.1. The first-order chi connectivity index (χ1) is 17.5. The molecule has 37 heavy (non-hydrogen) atoms. The summed E-state index contributed by atoms with van der Waals surface area (Å²) in [5.74, 6) is -1.78. The zero-order valence-electron chi connectivity index (χ0n) is 20.1. The van der Waals surface area contributed by atoms with Crippen molar-refractivity contribution in [3.63, 3.8) is 0 Å². The Morgan fingerprint density at radius 3 is 2.59 bits per heavy atom. The molecule has 2 heterocycles. The first-order valence-corrected chi connectivity index (χ1v) is 11.1. The number of anilines is 1. The Balaban J connectivity index is 1.62. The van der Waals surface area contributed by atoms with Gasteiger partial charge in [0.25, 0.3) is 0 Å². The number of benzene rings is 2. The quantitative estimate of drug-likeness (QED) is 0.464. The molecule has 2 aromatic carbocycles. The molecule has 1 amide bonds. The van der Waals surface area contributed by atoms with Crippen LogP contribution in [0.25, 0.3) is 10.9 Å². The third-order valence-electron chi connectivity index (χ3n) is 5.73.